The van der Waals surface area contributed by atoms with Crippen molar-refractivity contribution in [2.24, 2.45) is 0 Å². The van der Waals surface area contributed by atoms with Gasteiger partial charge in [0.25, 0.3) is 5.92 Å². The lowest BCUT2D eigenvalue weighted by molar-refractivity contribution is -0.137. The van der Waals surface area contributed by atoms with Gasteiger partial charge in [-0.25, -0.2) is 18.7 Å². The summed E-state index contributed by atoms with van der Waals surface area (Å²) in [6.45, 7) is 1.23. The molecule has 0 spiro atoms. The van der Waals surface area contributed by atoms with Gasteiger partial charge in [0.05, 0.1) is 24.3 Å². The summed E-state index contributed by atoms with van der Waals surface area (Å²) in [6.07, 6.45) is 0.855. The minimum absolute atomic E-state index is 0.0187. The second-order valence-electron chi connectivity index (χ2n) is 8.82. The molecule has 12 heteroatoms. The number of alkyl halides is 5. The Morgan fingerprint density at radius 2 is 1.89 bits per heavy atom. The summed E-state index contributed by atoms with van der Waals surface area (Å²) in [7, 11) is 0. The Bertz CT molecular complexity index is 1180. The van der Waals surface area contributed by atoms with Gasteiger partial charge < -0.3 is 10.2 Å². The third kappa shape index (κ3) is 5.47. The number of hydrogen-bond donors (Lipinski definition) is 1. The summed E-state index contributed by atoms with van der Waals surface area (Å²) in [5.74, 6) is -2.52. The van der Waals surface area contributed by atoms with Gasteiger partial charge in [-0.05, 0) is 36.7 Å². The number of aromatic nitrogens is 4. The lowest BCUT2D eigenvalue weighted by Crippen LogP contribution is -2.57. The molecule has 1 unspecified atom stereocenters. The summed E-state index contributed by atoms with van der Waals surface area (Å²) in [5, 5.41) is 2.80. The molecule has 2 aliphatic heterocycles. The molecule has 0 saturated carbocycles. The Morgan fingerprint density at radius 3 is 2.60 bits per heavy atom. The molecule has 1 atom stereocenters. The van der Waals surface area contributed by atoms with Crippen LogP contribution in [0.1, 0.15) is 29.2 Å². The summed E-state index contributed by atoms with van der Waals surface area (Å²) in [4.78, 5) is 20.5. The van der Waals surface area contributed by atoms with E-state index in [1.807, 2.05) is 18.3 Å². The largest absolute Gasteiger partial charge is 0.416 e. The zero-order valence-electron chi connectivity index (χ0n) is 18.5. The molecule has 5 heterocycles. The normalized spacial score (nSPS) is 20.0. The Balaban J connectivity index is 1.38. The SMILES string of the molecule is FC1(F)CN(c2nc(Nc3cc(C(F)(F)F)ccn3)cc(C3CCN(Cc4cccnc4)C3)n2)C1. The average molecular weight is 491 g/mol. The molecule has 2 aliphatic rings. The molecule has 0 bridgehead atoms. The molecule has 1 N–H and O–H groups in total. The van der Waals surface area contributed by atoms with Crippen molar-refractivity contribution in [3.63, 3.8) is 0 Å². The number of nitrogens with zero attached hydrogens (tertiary/aromatic N) is 6. The minimum atomic E-state index is -4.52. The summed E-state index contributed by atoms with van der Waals surface area (Å²) >= 11 is 0. The maximum atomic E-state index is 13.5. The molecule has 7 nitrogen and oxygen atoms in total. The molecular weight excluding hydrogens is 469 g/mol. The first-order chi connectivity index (χ1) is 16.6. The monoisotopic (exact) mass is 491 g/mol. The molecule has 0 radical (unpaired) electrons. The molecule has 184 valence electrons. The minimum Gasteiger partial charge on any atom is -0.329 e. The second-order valence-corrected chi connectivity index (χ2v) is 8.82. The maximum absolute atomic E-state index is 13.5. The molecule has 35 heavy (non-hydrogen) atoms. The van der Waals surface area contributed by atoms with Gasteiger partial charge in [-0.2, -0.15) is 18.2 Å². The van der Waals surface area contributed by atoms with Crippen LogP contribution in [0.4, 0.5) is 39.5 Å². The van der Waals surface area contributed by atoms with Crippen molar-refractivity contribution in [2.75, 3.05) is 36.4 Å². The smallest absolute Gasteiger partial charge is 0.329 e. The Morgan fingerprint density at radius 1 is 1.06 bits per heavy atom. The Kier molecular flexibility index (Phi) is 5.99. The highest BCUT2D eigenvalue weighted by molar-refractivity contribution is 5.56. The van der Waals surface area contributed by atoms with Crippen LogP contribution in [0.3, 0.4) is 0 Å². The molecule has 0 aliphatic carbocycles. The van der Waals surface area contributed by atoms with Crippen LogP contribution in [-0.2, 0) is 12.7 Å². The van der Waals surface area contributed by atoms with Crippen molar-refractivity contribution >= 4 is 17.6 Å². The van der Waals surface area contributed by atoms with Gasteiger partial charge >= 0.3 is 6.18 Å². The fourth-order valence-electron chi connectivity index (χ4n) is 4.29. The van der Waals surface area contributed by atoms with E-state index in [0.29, 0.717) is 12.2 Å². The third-order valence-corrected chi connectivity index (χ3v) is 6.02. The lowest BCUT2D eigenvalue weighted by atomic mass is 10.0. The molecule has 2 fully saturated rings. The van der Waals surface area contributed by atoms with E-state index in [1.54, 1.807) is 12.3 Å². The highest BCUT2D eigenvalue weighted by Gasteiger charge is 2.45. The third-order valence-electron chi connectivity index (χ3n) is 6.02. The molecule has 3 aromatic heterocycles. The standard InChI is InChI=1S/C23H22F5N7/c24-22(25)13-35(14-22)21-31-18(16-4-7-34(12-16)11-15-2-1-5-29-10-15)9-20(33-21)32-19-8-17(3-6-30-19)23(26,27)28/h1-3,5-6,8-10,16H,4,7,11-14H2,(H,30,31,32,33). The quantitative estimate of drug-likeness (QED) is 0.510. The highest BCUT2D eigenvalue weighted by Crippen LogP contribution is 2.35. The predicted octanol–water partition coefficient (Wildman–Crippen LogP) is 4.47. The van der Waals surface area contributed by atoms with Gasteiger partial charge in [-0.1, -0.05) is 6.07 Å². The van der Waals surface area contributed by atoms with E-state index in [0.717, 1.165) is 43.4 Å². The summed E-state index contributed by atoms with van der Waals surface area (Å²) in [6, 6.07) is 7.28. The van der Waals surface area contributed by atoms with Crippen molar-refractivity contribution in [2.45, 2.75) is 31.0 Å². The van der Waals surface area contributed by atoms with Crippen LogP contribution in [-0.4, -0.2) is 56.9 Å². The van der Waals surface area contributed by atoms with Crippen LogP contribution >= 0.6 is 0 Å². The number of halogens is 5. The van der Waals surface area contributed by atoms with Crippen LogP contribution in [0.5, 0.6) is 0 Å². The van der Waals surface area contributed by atoms with E-state index in [-0.39, 0.29) is 23.5 Å². The van der Waals surface area contributed by atoms with Gasteiger partial charge in [-0.3, -0.25) is 9.88 Å². The van der Waals surface area contributed by atoms with E-state index in [1.165, 1.54) is 4.90 Å². The number of likely N-dealkylation sites (tertiary alicyclic amines) is 1. The van der Waals surface area contributed by atoms with Gasteiger partial charge in [0.1, 0.15) is 11.6 Å². The highest BCUT2D eigenvalue weighted by atomic mass is 19.4. The molecular formula is C23H22F5N7. The van der Waals surface area contributed by atoms with Crippen molar-refractivity contribution in [3.8, 4) is 0 Å². The number of anilines is 3. The van der Waals surface area contributed by atoms with Gasteiger partial charge in [0, 0.05) is 43.7 Å². The maximum Gasteiger partial charge on any atom is 0.416 e. The van der Waals surface area contributed by atoms with Crippen LogP contribution < -0.4 is 10.2 Å². The second kappa shape index (κ2) is 8.99. The lowest BCUT2D eigenvalue weighted by Gasteiger charge is -2.38. The Hall–Kier alpha value is -3.41. The predicted molar refractivity (Wildman–Crippen MR) is 119 cm³/mol. The zero-order valence-corrected chi connectivity index (χ0v) is 18.5. The number of hydrogen-bond acceptors (Lipinski definition) is 7. The molecule has 3 aromatic rings. The first kappa shape index (κ1) is 23.3. The van der Waals surface area contributed by atoms with Crippen LogP contribution in [0.25, 0.3) is 0 Å². The first-order valence-corrected chi connectivity index (χ1v) is 11.1. The molecule has 5 rings (SSSR count). The number of pyridine rings is 2. The fraction of sp³-hybridized carbons (Fsp3) is 0.391. The van der Waals surface area contributed by atoms with Crippen molar-refractivity contribution in [3.05, 3.63) is 65.7 Å². The number of nitrogens with one attached hydrogen (secondary N) is 1. The van der Waals surface area contributed by atoms with E-state index >= 15 is 0 Å². The van der Waals surface area contributed by atoms with Crippen LogP contribution in [0, 0.1) is 0 Å². The van der Waals surface area contributed by atoms with Gasteiger partial charge in [-0.15, -0.1) is 0 Å². The molecule has 0 amide bonds. The fourth-order valence-corrected chi connectivity index (χ4v) is 4.29. The zero-order chi connectivity index (χ0) is 24.6. The van der Waals surface area contributed by atoms with E-state index < -0.39 is 30.8 Å². The van der Waals surface area contributed by atoms with Gasteiger partial charge in [0.15, 0.2) is 0 Å². The Labute approximate surface area is 198 Å². The topological polar surface area (TPSA) is 70.1 Å². The summed E-state index contributed by atoms with van der Waals surface area (Å²) < 4.78 is 66.3. The van der Waals surface area contributed by atoms with Crippen LogP contribution in [0.15, 0.2) is 48.9 Å². The van der Waals surface area contributed by atoms with E-state index in [4.69, 9.17) is 0 Å². The molecule has 2 saturated heterocycles. The molecule has 0 aromatic carbocycles. The van der Waals surface area contributed by atoms with Crippen LogP contribution in [0.2, 0.25) is 0 Å². The van der Waals surface area contributed by atoms with E-state index in [9.17, 15) is 22.0 Å². The van der Waals surface area contributed by atoms with E-state index in [2.05, 4.69) is 30.2 Å². The summed E-state index contributed by atoms with van der Waals surface area (Å²) in [5.41, 5.74) is 0.874. The van der Waals surface area contributed by atoms with Gasteiger partial charge in [0.2, 0.25) is 5.95 Å². The number of rotatable bonds is 6. The van der Waals surface area contributed by atoms with Crippen molar-refractivity contribution < 1.29 is 22.0 Å². The average Bonchev–Trinajstić information content (AvgIpc) is 3.26. The van der Waals surface area contributed by atoms with Crippen molar-refractivity contribution in [1.29, 1.82) is 0 Å². The first-order valence-electron chi connectivity index (χ1n) is 11.1. The van der Waals surface area contributed by atoms with Crippen molar-refractivity contribution in [1.82, 2.24) is 24.8 Å².